The van der Waals surface area contributed by atoms with Crippen molar-refractivity contribution in [1.82, 2.24) is 29.5 Å². The molecule has 3 heterocycles. The maximum Gasteiger partial charge on any atom is 0.326 e. The first-order valence-electron chi connectivity index (χ1n) is 7.34. The first-order chi connectivity index (χ1) is 11.8. The number of hydrogen-bond acceptors (Lipinski definition) is 8. The number of sulfone groups is 1. The molecule has 0 aromatic carbocycles. The fourth-order valence-electron chi connectivity index (χ4n) is 2.23. The lowest BCUT2D eigenvalue weighted by Crippen LogP contribution is -2.26. The van der Waals surface area contributed by atoms with E-state index >= 15 is 0 Å². The van der Waals surface area contributed by atoms with Crippen LogP contribution < -0.4 is 16.5 Å². The fourth-order valence-corrected chi connectivity index (χ4v) is 2.73. The van der Waals surface area contributed by atoms with Gasteiger partial charge < -0.3 is 10.1 Å². The summed E-state index contributed by atoms with van der Waals surface area (Å²) in [5.41, 5.74) is -0.0909. The third-order valence-corrected chi connectivity index (χ3v) is 4.42. The summed E-state index contributed by atoms with van der Waals surface area (Å²) in [6.07, 6.45) is 5.69. The van der Waals surface area contributed by atoms with Gasteiger partial charge in [0.25, 0.3) is 10.8 Å². The predicted octanol–water partition coefficient (Wildman–Crippen LogP) is -2.14. The smallest absolute Gasteiger partial charge is 0.326 e. The van der Waals surface area contributed by atoms with Crippen molar-refractivity contribution in [3.8, 4) is 5.88 Å². The molecule has 3 N–H and O–H groups in total. The van der Waals surface area contributed by atoms with Crippen LogP contribution in [0.15, 0.2) is 21.1 Å². The Bertz CT molecular complexity index is 1260. The second-order valence-corrected chi connectivity index (χ2v) is 7.67. The molecule has 1 aliphatic carbocycles. The lowest BCUT2D eigenvalue weighted by Gasteiger charge is -1.99. The first-order valence-corrected chi connectivity index (χ1v) is 9.23. The van der Waals surface area contributed by atoms with E-state index in [0.717, 1.165) is 19.1 Å². The summed E-state index contributed by atoms with van der Waals surface area (Å²) in [6.45, 7) is 0. The standard InChI is InChI=1S/C13H13N7O4S/c1-25(23,24)13-17-9-6(4-8-10(21)18-12(22)16-8)5-14-20(9)11(19-13)15-7-2-3-7/h4-5,7,21H,2-3H2,1H3,(H2,16,18,22)/b6-4-,15-11?. The Morgan fingerprint density at radius 1 is 1.36 bits per heavy atom. The van der Waals surface area contributed by atoms with E-state index in [1.165, 1.54) is 16.8 Å². The monoisotopic (exact) mass is 363 g/mol. The molecule has 11 nitrogen and oxygen atoms in total. The van der Waals surface area contributed by atoms with Crippen molar-refractivity contribution in [1.29, 1.82) is 0 Å². The molecule has 0 atom stereocenters. The zero-order valence-electron chi connectivity index (χ0n) is 13.0. The van der Waals surface area contributed by atoms with Gasteiger partial charge in [0.15, 0.2) is 5.65 Å². The molecule has 130 valence electrons. The normalized spacial score (nSPS) is 16.8. The van der Waals surface area contributed by atoms with Crippen LogP contribution in [0.1, 0.15) is 18.5 Å². The van der Waals surface area contributed by atoms with E-state index in [-0.39, 0.29) is 34.0 Å². The van der Waals surface area contributed by atoms with Crippen molar-refractivity contribution in [3.05, 3.63) is 33.2 Å². The molecule has 25 heavy (non-hydrogen) atoms. The van der Waals surface area contributed by atoms with E-state index < -0.39 is 15.5 Å². The van der Waals surface area contributed by atoms with Crippen molar-refractivity contribution in [2.75, 3.05) is 6.26 Å². The van der Waals surface area contributed by atoms with Crippen LogP contribution in [0, 0.1) is 0 Å². The highest BCUT2D eigenvalue weighted by molar-refractivity contribution is 7.90. The summed E-state index contributed by atoms with van der Waals surface area (Å²) >= 11 is 0. The lowest BCUT2D eigenvalue weighted by molar-refractivity contribution is 0.454. The predicted molar refractivity (Wildman–Crippen MR) is 84.3 cm³/mol. The Hall–Kier alpha value is -3.02. The third kappa shape index (κ3) is 2.91. The maximum absolute atomic E-state index is 11.9. The maximum atomic E-state index is 11.9. The first kappa shape index (κ1) is 15.5. The number of aromatic nitrogens is 6. The molecule has 0 bridgehead atoms. The second-order valence-electron chi connectivity index (χ2n) is 5.76. The summed E-state index contributed by atoms with van der Waals surface area (Å²) in [5, 5.41) is 13.9. The van der Waals surface area contributed by atoms with Crippen molar-refractivity contribution >= 4 is 21.6 Å². The minimum Gasteiger partial charge on any atom is -0.493 e. The SMILES string of the molecule is CS(=O)(=O)c1nc(=NC2CC2)n2nc/c(=C/c3[nH]c(=O)[nH]c3O)c2n1. The minimum absolute atomic E-state index is 0.104. The number of H-pyrrole nitrogens is 2. The molecule has 3 aromatic rings. The van der Waals surface area contributed by atoms with Gasteiger partial charge in [0, 0.05) is 11.5 Å². The summed E-state index contributed by atoms with van der Waals surface area (Å²) in [6, 6.07) is 0.104. The quantitative estimate of drug-likeness (QED) is 0.479. The third-order valence-electron chi connectivity index (χ3n) is 3.57. The number of fused-ring (bicyclic) bond motifs is 1. The topological polar surface area (TPSA) is 158 Å². The van der Waals surface area contributed by atoms with E-state index in [2.05, 4.69) is 30.0 Å². The number of aromatic hydroxyl groups is 1. The van der Waals surface area contributed by atoms with Crippen LogP contribution in [0.4, 0.5) is 0 Å². The van der Waals surface area contributed by atoms with E-state index in [9.17, 15) is 18.3 Å². The van der Waals surface area contributed by atoms with Gasteiger partial charge in [0.1, 0.15) is 5.69 Å². The highest BCUT2D eigenvalue weighted by atomic mass is 32.2. The Morgan fingerprint density at radius 2 is 2.12 bits per heavy atom. The molecule has 3 aromatic heterocycles. The van der Waals surface area contributed by atoms with Gasteiger partial charge in [-0.2, -0.15) is 19.6 Å². The number of imidazole rings is 1. The molecule has 0 saturated heterocycles. The van der Waals surface area contributed by atoms with Gasteiger partial charge >= 0.3 is 5.69 Å². The minimum atomic E-state index is -3.65. The van der Waals surface area contributed by atoms with Crippen molar-refractivity contribution in [2.45, 2.75) is 24.0 Å². The second kappa shape index (κ2) is 5.24. The lowest BCUT2D eigenvalue weighted by atomic mass is 10.3. The van der Waals surface area contributed by atoms with Crippen LogP contribution in [0.5, 0.6) is 5.88 Å². The van der Waals surface area contributed by atoms with Gasteiger partial charge in [-0.15, -0.1) is 0 Å². The van der Waals surface area contributed by atoms with E-state index in [4.69, 9.17) is 0 Å². The molecule has 0 radical (unpaired) electrons. The highest BCUT2D eigenvalue weighted by Crippen LogP contribution is 2.22. The number of aromatic amines is 2. The molecule has 0 amide bonds. The van der Waals surface area contributed by atoms with Crippen LogP contribution in [0.25, 0.3) is 11.7 Å². The number of nitrogens with one attached hydrogen (secondary N) is 2. The Morgan fingerprint density at radius 3 is 2.72 bits per heavy atom. The summed E-state index contributed by atoms with van der Waals surface area (Å²) < 4.78 is 25.1. The average Bonchev–Trinajstić information content (AvgIpc) is 3.15. The van der Waals surface area contributed by atoms with Crippen LogP contribution in [0.3, 0.4) is 0 Å². The molecular weight excluding hydrogens is 350 g/mol. The Labute approximate surface area is 139 Å². The van der Waals surface area contributed by atoms with Gasteiger partial charge in [-0.1, -0.05) is 0 Å². The number of nitrogens with zero attached hydrogens (tertiary/aromatic N) is 5. The molecule has 1 aliphatic rings. The van der Waals surface area contributed by atoms with Gasteiger partial charge in [0.2, 0.25) is 15.7 Å². The van der Waals surface area contributed by atoms with Gasteiger partial charge in [0.05, 0.1) is 12.2 Å². The largest absolute Gasteiger partial charge is 0.493 e. The molecule has 1 saturated carbocycles. The molecule has 1 fully saturated rings. The zero-order chi connectivity index (χ0) is 17.8. The molecule has 0 spiro atoms. The molecule has 0 aliphatic heterocycles. The van der Waals surface area contributed by atoms with Crippen LogP contribution in [-0.4, -0.2) is 55.4 Å². The van der Waals surface area contributed by atoms with Crippen LogP contribution in [0.2, 0.25) is 0 Å². The van der Waals surface area contributed by atoms with Crippen molar-refractivity contribution in [2.24, 2.45) is 4.99 Å². The van der Waals surface area contributed by atoms with Gasteiger partial charge in [-0.3, -0.25) is 4.98 Å². The van der Waals surface area contributed by atoms with E-state index in [1.807, 2.05) is 0 Å². The van der Waals surface area contributed by atoms with Gasteiger partial charge in [-0.25, -0.2) is 18.2 Å². The molecule has 12 heteroatoms. The van der Waals surface area contributed by atoms with Crippen molar-refractivity contribution < 1.29 is 13.5 Å². The molecule has 0 unspecified atom stereocenters. The van der Waals surface area contributed by atoms with Crippen LogP contribution in [-0.2, 0) is 9.84 Å². The summed E-state index contributed by atoms with van der Waals surface area (Å²) in [7, 11) is -3.65. The number of rotatable bonds is 3. The number of hydrogen-bond donors (Lipinski definition) is 3. The summed E-state index contributed by atoms with van der Waals surface area (Å²) in [4.78, 5) is 28.3. The highest BCUT2D eigenvalue weighted by Gasteiger charge is 2.22. The Kier molecular flexibility index (Phi) is 3.25. The fraction of sp³-hybridized carbons (Fsp3) is 0.308. The zero-order valence-corrected chi connectivity index (χ0v) is 13.8. The molecular formula is C13H13N7O4S. The van der Waals surface area contributed by atoms with E-state index in [1.54, 1.807) is 0 Å². The van der Waals surface area contributed by atoms with Crippen molar-refractivity contribution in [3.63, 3.8) is 0 Å². The van der Waals surface area contributed by atoms with Crippen LogP contribution >= 0.6 is 0 Å². The average molecular weight is 363 g/mol. The molecule has 4 rings (SSSR count). The summed E-state index contributed by atoms with van der Waals surface area (Å²) in [5.74, 6) is -0.343. The van der Waals surface area contributed by atoms with E-state index in [0.29, 0.717) is 5.22 Å². The Balaban J connectivity index is 2.05. The van der Waals surface area contributed by atoms with Gasteiger partial charge in [-0.05, 0) is 18.9 Å².